The first-order valence-corrected chi connectivity index (χ1v) is 14.3. The molecule has 6 rings (SSSR count). The molecule has 0 N–H and O–H groups in total. The van der Waals surface area contributed by atoms with E-state index in [1.54, 1.807) is 12.1 Å². The molecule has 0 bridgehead atoms. The van der Waals surface area contributed by atoms with E-state index in [0.717, 1.165) is 27.5 Å². The quantitative estimate of drug-likeness (QED) is 0.185. The van der Waals surface area contributed by atoms with Crippen LogP contribution in [0.5, 0.6) is 0 Å². The van der Waals surface area contributed by atoms with Gasteiger partial charge < -0.3 is 4.57 Å². The fourth-order valence-corrected chi connectivity index (χ4v) is 7.15. The Balaban J connectivity index is 1.72. The summed E-state index contributed by atoms with van der Waals surface area (Å²) in [6.07, 6.45) is 3.33. The van der Waals surface area contributed by atoms with Gasteiger partial charge >= 0.3 is 0 Å². The highest BCUT2D eigenvalue weighted by Crippen LogP contribution is 2.48. The van der Waals surface area contributed by atoms with Crippen LogP contribution in [-0.2, 0) is 6.42 Å². The van der Waals surface area contributed by atoms with E-state index >= 15 is 0 Å². The maximum Gasteiger partial charge on any atom is 0.0683 e. The zero-order chi connectivity index (χ0) is 27.4. The van der Waals surface area contributed by atoms with Gasteiger partial charge in [-0.05, 0) is 41.5 Å². The summed E-state index contributed by atoms with van der Waals surface area (Å²) in [6.45, 7) is 0. The van der Waals surface area contributed by atoms with Gasteiger partial charge in [-0.1, -0.05) is 118 Å². The number of para-hydroxylation sites is 2. The summed E-state index contributed by atoms with van der Waals surface area (Å²) >= 11 is 46.9. The first kappa shape index (κ1) is 27.1. The van der Waals surface area contributed by atoms with Gasteiger partial charge in [-0.25, -0.2) is 0 Å². The van der Waals surface area contributed by atoms with Gasteiger partial charge in [-0.2, -0.15) is 0 Å². The van der Waals surface area contributed by atoms with Gasteiger partial charge in [0, 0.05) is 60.8 Å². The van der Waals surface area contributed by atoms with Gasteiger partial charge in [0.15, 0.2) is 0 Å². The van der Waals surface area contributed by atoms with Crippen molar-refractivity contribution < 1.29 is 0 Å². The first-order chi connectivity index (χ1) is 18.8. The summed E-state index contributed by atoms with van der Waals surface area (Å²) < 4.78 is 2.12. The number of hydrogen-bond acceptors (Lipinski definition) is 1. The second-order valence-electron chi connectivity index (χ2n) is 8.92. The predicted molar refractivity (Wildman–Crippen MR) is 168 cm³/mol. The Morgan fingerprint density at radius 1 is 0.564 bits per heavy atom. The van der Waals surface area contributed by atoms with Gasteiger partial charge in [0.05, 0.1) is 31.8 Å². The van der Waals surface area contributed by atoms with Crippen molar-refractivity contribution in [2.24, 2.45) is 0 Å². The van der Waals surface area contributed by atoms with E-state index in [9.17, 15) is 0 Å². The van der Waals surface area contributed by atoms with Gasteiger partial charge in [-0.3, -0.25) is 4.98 Å². The van der Waals surface area contributed by atoms with Crippen molar-refractivity contribution in [3.8, 4) is 16.8 Å². The molecule has 0 aliphatic heterocycles. The second-order valence-corrected chi connectivity index (χ2v) is 11.8. The normalized spacial score (nSPS) is 11.6. The smallest absolute Gasteiger partial charge is 0.0683 e. The molecular formula is C30H15Cl7N2. The van der Waals surface area contributed by atoms with Crippen molar-refractivity contribution in [2.45, 2.75) is 6.42 Å². The number of rotatable bonds is 4. The maximum atomic E-state index is 7.26. The zero-order valence-corrected chi connectivity index (χ0v) is 25.0. The molecule has 0 spiro atoms. The Kier molecular flexibility index (Phi) is 7.41. The van der Waals surface area contributed by atoms with Crippen LogP contribution in [-0.4, -0.2) is 9.55 Å². The Morgan fingerprint density at radius 3 is 1.64 bits per heavy atom. The van der Waals surface area contributed by atoms with Crippen LogP contribution in [0.2, 0.25) is 35.2 Å². The van der Waals surface area contributed by atoms with E-state index in [1.807, 2.05) is 30.3 Å². The van der Waals surface area contributed by atoms with Crippen molar-refractivity contribution in [2.75, 3.05) is 0 Å². The molecule has 2 aromatic heterocycles. The number of fused-ring (bicyclic) bond motifs is 3. The van der Waals surface area contributed by atoms with Crippen LogP contribution in [0.1, 0.15) is 11.1 Å². The minimum absolute atomic E-state index is 0.257. The van der Waals surface area contributed by atoms with E-state index in [4.69, 9.17) is 81.2 Å². The Bertz CT molecular complexity index is 1830. The van der Waals surface area contributed by atoms with E-state index < -0.39 is 0 Å². The maximum absolute atomic E-state index is 7.26. The van der Waals surface area contributed by atoms with Crippen LogP contribution in [0.15, 0.2) is 79.1 Å². The van der Waals surface area contributed by atoms with Gasteiger partial charge in [-0.15, -0.1) is 0 Å². The molecule has 0 aliphatic rings. The molecule has 0 unspecified atom stereocenters. The van der Waals surface area contributed by atoms with Crippen LogP contribution in [0.4, 0.5) is 0 Å². The summed E-state index contributed by atoms with van der Waals surface area (Å²) in [5.41, 5.74) is 5.09. The first-order valence-electron chi connectivity index (χ1n) is 11.7. The van der Waals surface area contributed by atoms with Crippen molar-refractivity contribution in [3.63, 3.8) is 0 Å². The SMILES string of the molecule is Clc1cc(Cl)c(Cc2c(Cl)cc(-n3c4ccccc4c4ccccc43)c(-c3c(Cl)cncc3Cl)c2Cl)c(Cl)c1. The summed E-state index contributed by atoms with van der Waals surface area (Å²) in [5.74, 6) is 0. The highest BCUT2D eigenvalue weighted by Gasteiger charge is 2.25. The average molecular weight is 652 g/mol. The molecule has 4 aromatic carbocycles. The summed E-state index contributed by atoms with van der Waals surface area (Å²) in [6, 6.07) is 21.4. The van der Waals surface area contributed by atoms with E-state index in [2.05, 4.69) is 33.8 Å². The molecule has 194 valence electrons. The van der Waals surface area contributed by atoms with Crippen LogP contribution in [0, 0.1) is 0 Å². The van der Waals surface area contributed by atoms with E-state index in [-0.39, 0.29) is 6.42 Å². The Labute approximate surface area is 259 Å². The molecule has 0 saturated carbocycles. The third-order valence-electron chi connectivity index (χ3n) is 6.68. The molecule has 0 saturated heterocycles. The number of pyridine rings is 1. The number of halogens is 7. The van der Waals surface area contributed by atoms with Gasteiger partial charge in [0.1, 0.15) is 0 Å². The molecule has 0 radical (unpaired) electrons. The Hall–Kier alpha value is -2.14. The minimum atomic E-state index is 0.257. The van der Waals surface area contributed by atoms with E-state index in [1.165, 1.54) is 12.4 Å². The molecule has 0 aliphatic carbocycles. The van der Waals surface area contributed by atoms with Crippen LogP contribution in [0.3, 0.4) is 0 Å². The lowest BCUT2D eigenvalue weighted by Crippen LogP contribution is -2.03. The monoisotopic (exact) mass is 648 g/mol. The third kappa shape index (κ3) is 4.67. The van der Waals surface area contributed by atoms with Crippen LogP contribution >= 0.6 is 81.2 Å². The molecule has 6 aromatic rings. The Morgan fingerprint density at radius 2 is 1.08 bits per heavy atom. The van der Waals surface area contributed by atoms with Gasteiger partial charge in [0.2, 0.25) is 0 Å². The fraction of sp³-hybridized carbons (Fsp3) is 0.0333. The fourth-order valence-electron chi connectivity index (χ4n) is 4.97. The lowest BCUT2D eigenvalue weighted by atomic mass is 9.97. The molecule has 39 heavy (non-hydrogen) atoms. The second kappa shape index (κ2) is 10.7. The standard InChI is InChI=1S/C30H15Cl7N2/c31-15-9-20(32)18(21(33)10-15)11-19-22(34)12-27(29(30(19)37)28-23(35)13-38-14-24(28)36)39-25-7-3-1-5-16(25)17-6-2-4-8-26(17)39/h1-10,12-14H,11H2. The van der Waals surface area contributed by atoms with Crippen molar-refractivity contribution in [1.82, 2.24) is 9.55 Å². The molecule has 0 fully saturated rings. The number of nitrogens with zero attached hydrogens (tertiary/aromatic N) is 2. The topological polar surface area (TPSA) is 17.8 Å². The van der Waals surface area contributed by atoms with Crippen LogP contribution < -0.4 is 0 Å². The lowest BCUT2D eigenvalue weighted by molar-refractivity contribution is 1.15. The number of hydrogen-bond donors (Lipinski definition) is 0. The molecular weight excluding hydrogens is 637 g/mol. The van der Waals surface area contributed by atoms with Crippen LogP contribution in [0.25, 0.3) is 38.6 Å². The molecule has 2 nitrogen and oxygen atoms in total. The third-order valence-corrected chi connectivity index (χ3v) is 8.90. The summed E-state index contributed by atoms with van der Waals surface area (Å²) in [7, 11) is 0. The predicted octanol–water partition coefficient (Wildman–Crippen LogP) is 12.0. The zero-order valence-electron chi connectivity index (χ0n) is 19.8. The summed E-state index contributed by atoms with van der Waals surface area (Å²) in [4.78, 5) is 4.14. The van der Waals surface area contributed by atoms with Gasteiger partial charge in [0.25, 0.3) is 0 Å². The minimum Gasteiger partial charge on any atom is -0.309 e. The van der Waals surface area contributed by atoms with Crippen molar-refractivity contribution in [3.05, 3.63) is 125 Å². The van der Waals surface area contributed by atoms with Crippen molar-refractivity contribution >= 4 is 103 Å². The molecule has 0 atom stereocenters. The highest BCUT2D eigenvalue weighted by molar-refractivity contribution is 6.43. The molecule has 0 amide bonds. The highest BCUT2D eigenvalue weighted by atomic mass is 35.5. The van der Waals surface area contributed by atoms with E-state index in [0.29, 0.717) is 57.4 Å². The number of benzene rings is 4. The number of aromatic nitrogens is 2. The molecule has 9 heteroatoms. The molecule has 2 heterocycles. The summed E-state index contributed by atoms with van der Waals surface area (Å²) in [5, 5.41) is 4.93. The van der Waals surface area contributed by atoms with Crippen molar-refractivity contribution in [1.29, 1.82) is 0 Å². The average Bonchev–Trinajstić information content (AvgIpc) is 3.23. The largest absolute Gasteiger partial charge is 0.309 e. The lowest BCUT2D eigenvalue weighted by Gasteiger charge is -2.21.